The largest absolute Gasteiger partial charge is 0.467 e. The fourth-order valence-corrected chi connectivity index (χ4v) is 3.13. The fraction of sp³-hybridized carbons (Fsp3) is 0.286. The van der Waals surface area contributed by atoms with E-state index >= 15 is 0 Å². The first-order chi connectivity index (χ1) is 13.6. The van der Waals surface area contributed by atoms with Crippen LogP contribution in [0.15, 0.2) is 23.1 Å². The highest BCUT2D eigenvalue weighted by Crippen LogP contribution is 2.35. The quantitative estimate of drug-likeness (QED) is 0.403. The van der Waals surface area contributed by atoms with E-state index in [4.69, 9.17) is 16.7 Å². The number of alkyl halides is 6. The molecule has 2 N–H and O–H groups in total. The van der Waals surface area contributed by atoms with E-state index < -0.39 is 58.1 Å². The van der Waals surface area contributed by atoms with Gasteiger partial charge in [0.15, 0.2) is 19.0 Å². The van der Waals surface area contributed by atoms with Gasteiger partial charge in [0, 0.05) is 9.13 Å². The molecule has 7 nitrogen and oxygen atoms in total. The van der Waals surface area contributed by atoms with Crippen molar-refractivity contribution in [1.29, 1.82) is 0 Å². The first-order valence-electron chi connectivity index (χ1n) is 7.36. The molecule has 0 saturated heterocycles. The summed E-state index contributed by atoms with van der Waals surface area (Å²) in [6.45, 7) is -4.00. The van der Waals surface area contributed by atoms with Gasteiger partial charge in [-0.05, 0) is 34.7 Å². The summed E-state index contributed by atoms with van der Waals surface area (Å²) in [6, 6.07) is 4.07. The van der Waals surface area contributed by atoms with E-state index in [1.54, 1.807) is 0 Å². The molecule has 16 heteroatoms. The van der Waals surface area contributed by atoms with Crippen LogP contribution < -0.4 is 14.6 Å². The van der Waals surface area contributed by atoms with Crippen LogP contribution in [0.25, 0.3) is 11.4 Å². The molecule has 0 aliphatic carbocycles. The van der Waals surface area contributed by atoms with Crippen molar-refractivity contribution in [3.8, 4) is 23.1 Å². The van der Waals surface area contributed by atoms with Gasteiger partial charge in [-0.25, -0.2) is 13.6 Å². The molecule has 0 atom stereocenters. The van der Waals surface area contributed by atoms with E-state index in [1.807, 2.05) is 22.6 Å². The second-order valence-corrected chi connectivity index (χ2v) is 8.54. The van der Waals surface area contributed by atoms with Crippen molar-refractivity contribution in [2.75, 3.05) is 13.2 Å². The Morgan fingerprint density at radius 2 is 1.47 bits per heavy atom. The molecule has 0 bridgehead atoms. The van der Waals surface area contributed by atoms with Crippen LogP contribution >= 0.6 is 34.2 Å². The first-order valence-corrected chi connectivity index (χ1v) is 10.4. The standard InChI is InChI=1S/C14H9ClF6IN3O4S/c15-7-3-6(1-2-8(7)22)10-24-11(28-4-13(16,17)18)9(30(23,26)27)12(25-10)29-5-14(19,20)21/h1-3H,4-5H2,(H2,23,26,27). The Labute approximate surface area is 183 Å². The maximum absolute atomic E-state index is 12.5. The lowest BCUT2D eigenvalue weighted by atomic mass is 10.2. The summed E-state index contributed by atoms with van der Waals surface area (Å²) >= 11 is 7.82. The first kappa shape index (κ1) is 24.7. The summed E-state index contributed by atoms with van der Waals surface area (Å²) in [5.41, 5.74) is 0.0371. The number of ether oxygens (including phenoxy) is 2. The van der Waals surface area contributed by atoms with Gasteiger partial charge in [-0.3, -0.25) is 0 Å². The Kier molecular flexibility index (Phi) is 7.30. The zero-order valence-corrected chi connectivity index (χ0v) is 17.9. The highest BCUT2D eigenvalue weighted by atomic mass is 127. The van der Waals surface area contributed by atoms with Crippen LogP contribution in [0.4, 0.5) is 26.3 Å². The number of hydrogen-bond donors (Lipinski definition) is 1. The molecule has 1 aromatic heterocycles. The van der Waals surface area contributed by atoms with Gasteiger partial charge < -0.3 is 9.47 Å². The SMILES string of the molecule is NS(=O)(=O)c1c(OCC(F)(F)F)nc(-c2ccc(I)c(Cl)c2)nc1OCC(F)(F)F. The van der Waals surface area contributed by atoms with Gasteiger partial charge in [0.1, 0.15) is 0 Å². The predicted octanol–water partition coefficient (Wildman–Crippen LogP) is 3.93. The molecular formula is C14H9ClF6IN3O4S. The van der Waals surface area contributed by atoms with Crippen LogP contribution in [0.2, 0.25) is 5.02 Å². The average Bonchev–Trinajstić information content (AvgIpc) is 2.57. The number of benzene rings is 1. The predicted molar refractivity (Wildman–Crippen MR) is 99.7 cm³/mol. The van der Waals surface area contributed by atoms with E-state index in [2.05, 4.69) is 19.4 Å². The molecule has 30 heavy (non-hydrogen) atoms. The van der Waals surface area contributed by atoms with Crippen LogP contribution in [0, 0.1) is 3.57 Å². The maximum Gasteiger partial charge on any atom is 0.422 e. The number of sulfonamides is 1. The molecule has 0 fully saturated rings. The molecule has 0 saturated carbocycles. The highest BCUT2D eigenvalue weighted by molar-refractivity contribution is 14.1. The maximum atomic E-state index is 12.5. The number of nitrogens with zero attached hydrogens (tertiary/aromatic N) is 2. The molecule has 166 valence electrons. The van der Waals surface area contributed by atoms with E-state index in [0.717, 1.165) is 0 Å². The molecule has 1 heterocycles. The third kappa shape index (κ3) is 6.98. The highest BCUT2D eigenvalue weighted by Gasteiger charge is 2.35. The van der Waals surface area contributed by atoms with Gasteiger partial charge in [0.25, 0.3) is 0 Å². The van der Waals surface area contributed by atoms with Gasteiger partial charge in [0.05, 0.1) is 5.02 Å². The Balaban J connectivity index is 2.70. The van der Waals surface area contributed by atoms with Crippen molar-refractivity contribution in [2.45, 2.75) is 17.2 Å². The van der Waals surface area contributed by atoms with Crippen LogP contribution in [0.5, 0.6) is 11.8 Å². The number of rotatable bonds is 6. The molecule has 1 aromatic carbocycles. The number of primary sulfonamides is 1. The second kappa shape index (κ2) is 8.88. The third-order valence-electron chi connectivity index (χ3n) is 3.01. The van der Waals surface area contributed by atoms with E-state index in [0.29, 0.717) is 3.57 Å². The fourth-order valence-electron chi connectivity index (χ4n) is 1.91. The van der Waals surface area contributed by atoms with Crippen molar-refractivity contribution in [1.82, 2.24) is 9.97 Å². The molecule has 0 radical (unpaired) electrons. The molecule has 0 spiro atoms. The Morgan fingerprint density at radius 3 is 1.83 bits per heavy atom. The van der Waals surface area contributed by atoms with E-state index in [9.17, 15) is 34.8 Å². The van der Waals surface area contributed by atoms with E-state index in [-0.39, 0.29) is 10.6 Å². The Bertz CT molecular complexity index is 1010. The number of halogens is 8. The summed E-state index contributed by atoms with van der Waals surface area (Å²) in [5, 5.41) is 5.09. The van der Waals surface area contributed by atoms with Gasteiger partial charge in [-0.2, -0.15) is 36.3 Å². The summed E-state index contributed by atoms with van der Waals surface area (Å²) < 4.78 is 108. The summed E-state index contributed by atoms with van der Waals surface area (Å²) in [5.74, 6) is -2.96. The molecular weight excluding hydrogens is 583 g/mol. The zero-order chi connectivity index (χ0) is 22.9. The van der Waals surface area contributed by atoms with Crippen molar-refractivity contribution >= 4 is 44.2 Å². The Morgan fingerprint density at radius 1 is 1.00 bits per heavy atom. The lowest BCUT2D eigenvalue weighted by Crippen LogP contribution is -2.25. The normalized spacial score (nSPS) is 12.7. The van der Waals surface area contributed by atoms with Crippen molar-refractivity contribution < 1.29 is 44.2 Å². The lowest BCUT2D eigenvalue weighted by molar-refractivity contribution is -0.155. The Hall–Kier alpha value is -1.59. The molecule has 2 aromatic rings. The lowest BCUT2D eigenvalue weighted by Gasteiger charge is -2.16. The minimum atomic E-state index is -4.95. The van der Waals surface area contributed by atoms with Gasteiger partial charge in [0.2, 0.25) is 26.7 Å². The number of hydrogen-bond acceptors (Lipinski definition) is 6. The third-order valence-corrected chi connectivity index (χ3v) is 5.50. The van der Waals surface area contributed by atoms with Crippen LogP contribution in [0.3, 0.4) is 0 Å². The molecule has 0 unspecified atom stereocenters. The summed E-state index contributed by atoms with van der Waals surface area (Å²) in [4.78, 5) is 5.78. The zero-order valence-electron chi connectivity index (χ0n) is 14.2. The molecule has 0 aliphatic rings. The number of nitrogens with two attached hydrogens (primary N) is 1. The van der Waals surface area contributed by atoms with Gasteiger partial charge in [-0.15, -0.1) is 0 Å². The van der Waals surface area contributed by atoms with Crippen molar-refractivity contribution in [3.05, 3.63) is 26.8 Å². The van der Waals surface area contributed by atoms with Gasteiger partial charge in [-0.1, -0.05) is 17.7 Å². The minimum absolute atomic E-state index is 0.0371. The topological polar surface area (TPSA) is 104 Å². The monoisotopic (exact) mass is 591 g/mol. The van der Waals surface area contributed by atoms with Crippen molar-refractivity contribution in [3.63, 3.8) is 0 Å². The average molecular weight is 592 g/mol. The van der Waals surface area contributed by atoms with Crippen LogP contribution in [-0.4, -0.2) is 44.0 Å². The van der Waals surface area contributed by atoms with Crippen LogP contribution in [-0.2, 0) is 10.0 Å². The molecule has 0 aliphatic heterocycles. The molecule has 2 rings (SSSR count). The van der Waals surface area contributed by atoms with Gasteiger partial charge >= 0.3 is 12.4 Å². The van der Waals surface area contributed by atoms with E-state index in [1.165, 1.54) is 18.2 Å². The van der Waals surface area contributed by atoms with Crippen LogP contribution in [0.1, 0.15) is 0 Å². The number of aromatic nitrogens is 2. The summed E-state index contributed by atoms with van der Waals surface area (Å²) in [7, 11) is -4.95. The minimum Gasteiger partial charge on any atom is -0.467 e. The molecule has 0 amide bonds. The second-order valence-electron chi connectivity index (χ2n) is 5.47. The smallest absolute Gasteiger partial charge is 0.422 e. The van der Waals surface area contributed by atoms with Crippen molar-refractivity contribution in [2.24, 2.45) is 5.14 Å². The summed E-state index contributed by atoms with van der Waals surface area (Å²) in [6.07, 6.45) is -9.83.